The highest BCUT2D eigenvalue weighted by atomic mass is 32.2. The van der Waals surface area contributed by atoms with E-state index in [9.17, 15) is 13.2 Å². The van der Waals surface area contributed by atoms with Crippen LogP contribution in [0.1, 0.15) is 25.0 Å². The van der Waals surface area contributed by atoms with E-state index in [-0.39, 0.29) is 17.1 Å². The van der Waals surface area contributed by atoms with Gasteiger partial charge in [0, 0.05) is 12.6 Å². The van der Waals surface area contributed by atoms with Gasteiger partial charge in [-0.15, -0.1) is 0 Å². The van der Waals surface area contributed by atoms with Crippen molar-refractivity contribution >= 4 is 21.6 Å². The fraction of sp³-hybridized carbons (Fsp3) is 0.321. The van der Waals surface area contributed by atoms with Crippen LogP contribution in [0.25, 0.3) is 0 Å². The molecule has 0 aromatic heterocycles. The van der Waals surface area contributed by atoms with E-state index in [0.29, 0.717) is 36.2 Å². The summed E-state index contributed by atoms with van der Waals surface area (Å²) in [5.41, 5.74) is 1.96. The van der Waals surface area contributed by atoms with Crippen LogP contribution in [0.2, 0.25) is 0 Å². The summed E-state index contributed by atoms with van der Waals surface area (Å²) in [5.74, 6) is 1.49. The van der Waals surface area contributed by atoms with Crippen molar-refractivity contribution in [2.45, 2.75) is 32.2 Å². The number of nitrogens with zero attached hydrogens (tertiary/aromatic N) is 1. The maximum absolute atomic E-state index is 13.7. The van der Waals surface area contributed by atoms with Gasteiger partial charge in [0.05, 0.1) is 38.0 Å². The minimum absolute atomic E-state index is 0.0681. The van der Waals surface area contributed by atoms with Crippen molar-refractivity contribution in [1.82, 2.24) is 5.32 Å². The molecule has 0 aliphatic carbocycles. The highest BCUT2D eigenvalue weighted by molar-refractivity contribution is 7.92. The number of ether oxygens (including phenoxy) is 4. The number of benzene rings is 3. The van der Waals surface area contributed by atoms with Gasteiger partial charge in [-0.3, -0.25) is 9.10 Å². The maximum Gasteiger partial charge on any atom is 0.264 e. The number of anilines is 1. The number of hydrogen-bond acceptors (Lipinski definition) is 7. The molecular weight excluding hydrogens is 508 g/mol. The van der Waals surface area contributed by atoms with E-state index in [0.717, 1.165) is 15.4 Å². The number of carbonyl (C=O) groups excluding carboxylic acids is 1. The molecule has 0 fully saturated rings. The van der Waals surface area contributed by atoms with Crippen LogP contribution in [0.5, 0.6) is 23.0 Å². The van der Waals surface area contributed by atoms with Crippen LogP contribution < -0.4 is 28.6 Å². The molecule has 0 heterocycles. The number of aryl methyl sites for hydroxylation is 1. The second kappa shape index (κ2) is 13.0. The number of amides is 1. The third-order valence-corrected chi connectivity index (χ3v) is 7.44. The van der Waals surface area contributed by atoms with Crippen molar-refractivity contribution in [3.8, 4) is 23.0 Å². The Kier molecular flexibility index (Phi) is 9.84. The summed E-state index contributed by atoms with van der Waals surface area (Å²) in [7, 11) is -1.13. The molecule has 0 saturated heterocycles. The monoisotopic (exact) mass is 542 g/mol. The molecule has 3 aromatic rings. The Morgan fingerprint density at radius 1 is 0.816 bits per heavy atom. The summed E-state index contributed by atoms with van der Waals surface area (Å²) in [5, 5.41) is 2.81. The molecule has 1 amide bonds. The van der Waals surface area contributed by atoms with E-state index in [1.165, 1.54) is 32.4 Å². The van der Waals surface area contributed by atoms with E-state index in [1.807, 2.05) is 26.8 Å². The first-order chi connectivity index (χ1) is 18.2. The van der Waals surface area contributed by atoms with E-state index in [1.54, 1.807) is 36.4 Å². The molecule has 0 unspecified atom stereocenters. The number of carbonyl (C=O) groups is 1. The summed E-state index contributed by atoms with van der Waals surface area (Å²) in [4.78, 5) is 13.1. The summed E-state index contributed by atoms with van der Waals surface area (Å²) in [6, 6.07) is 16.6. The molecule has 9 nitrogen and oxygen atoms in total. The fourth-order valence-corrected chi connectivity index (χ4v) is 5.14. The zero-order valence-electron chi connectivity index (χ0n) is 22.3. The van der Waals surface area contributed by atoms with Crippen molar-refractivity contribution in [2.24, 2.45) is 0 Å². The second-order valence-electron chi connectivity index (χ2n) is 8.29. The van der Waals surface area contributed by atoms with Crippen molar-refractivity contribution in [1.29, 1.82) is 0 Å². The highest BCUT2D eigenvalue weighted by Crippen LogP contribution is 2.34. The lowest BCUT2D eigenvalue weighted by atomic mass is 10.2. The Labute approximate surface area is 224 Å². The predicted octanol–water partition coefficient (Wildman–Crippen LogP) is 4.32. The minimum atomic E-state index is -4.08. The van der Waals surface area contributed by atoms with Crippen molar-refractivity contribution < 1.29 is 32.2 Å². The highest BCUT2D eigenvalue weighted by Gasteiger charge is 2.28. The molecule has 0 saturated carbocycles. The average Bonchev–Trinajstić information content (AvgIpc) is 2.91. The molecule has 0 spiro atoms. The summed E-state index contributed by atoms with van der Waals surface area (Å²) in [6.45, 7) is 6.33. The molecule has 3 rings (SSSR count). The van der Waals surface area contributed by atoms with Gasteiger partial charge in [0.25, 0.3) is 10.0 Å². The first kappa shape index (κ1) is 28.6. The number of methoxy groups -OCH3 is 2. The quantitative estimate of drug-likeness (QED) is 0.343. The minimum Gasteiger partial charge on any atom is -0.493 e. The van der Waals surface area contributed by atoms with Crippen LogP contribution in [0, 0.1) is 6.92 Å². The zero-order valence-corrected chi connectivity index (χ0v) is 23.1. The van der Waals surface area contributed by atoms with Crippen LogP contribution in [0.4, 0.5) is 5.69 Å². The van der Waals surface area contributed by atoms with Gasteiger partial charge in [0.2, 0.25) is 5.91 Å². The van der Waals surface area contributed by atoms with Crippen LogP contribution in [0.3, 0.4) is 0 Å². The van der Waals surface area contributed by atoms with Gasteiger partial charge in [0.15, 0.2) is 23.0 Å². The Bertz CT molecular complexity index is 1340. The molecule has 0 radical (unpaired) electrons. The fourth-order valence-electron chi connectivity index (χ4n) is 3.73. The molecule has 1 N–H and O–H groups in total. The van der Waals surface area contributed by atoms with E-state index in [4.69, 9.17) is 18.9 Å². The molecular formula is C28H34N2O7S. The molecule has 0 bridgehead atoms. The van der Waals surface area contributed by atoms with Crippen molar-refractivity contribution in [3.05, 3.63) is 71.8 Å². The molecule has 204 valence electrons. The Morgan fingerprint density at radius 2 is 1.45 bits per heavy atom. The van der Waals surface area contributed by atoms with Crippen LogP contribution in [0.15, 0.2) is 65.6 Å². The standard InChI is InChI=1S/C28H34N2O7S/c1-6-36-25-14-10-21(16-27(25)37-7-2)18-29-28(31)19-30(22-11-15-24(34-4)26(17-22)35-5)38(32,33)23-12-8-20(3)9-13-23/h8-17H,6-7,18-19H2,1-5H3,(H,29,31). The van der Waals surface area contributed by atoms with E-state index in [2.05, 4.69) is 5.32 Å². The smallest absolute Gasteiger partial charge is 0.264 e. The van der Waals surface area contributed by atoms with Gasteiger partial charge >= 0.3 is 0 Å². The Hall–Kier alpha value is -3.92. The van der Waals surface area contributed by atoms with Crippen LogP contribution >= 0.6 is 0 Å². The topological polar surface area (TPSA) is 103 Å². The predicted molar refractivity (Wildman–Crippen MR) is 146 cm³/mol. The third-order valence-electron chi connectivity index (χ3n) is 5.65. The normalized spacial score (nSPS) is 11.0. The van der Waals surface area contributed by atoms with Crippen LogP contribution in [-0.4, -0.2) is 48.3 Å². The van der Waals surface area contributed by atoms with Crippen molar-refractivity contribution in [2.75, 3.05) is 38.3 Å². The summed E-state index contributed by atoms with van der Waals surface area (Å²) in [6.07, 6.45) is 0. The zero-order chi connectivity index (χ0) is 27.7. The molecule has 0 aliphatic heterocycles. The molecule has 0 aliphatic rings. The summed E-state index contributed by atoms with van der Waals surface area (Å²) >= 11 is 0. The van der Waals surface area contributed by atoms with Crippen LogP contribution in [-0.2, 0) is 21.4 Å². The van der Waals surface area contributed by atoms with Gasteiger partial charge in [-0.2, -0.15) is 0 Å². The molecule has 38 heavy (non-hydrogen) atoms. The van der Waals surface area contributed by atoms with Gasteiger partial charge < -0.3 is 24.3 Å². The Morgan fingerprint density at radius 3 is 2.08 bits per heavy atom. The number of hydrogen-bond donors (Lipinski definition) is 1. The average molecular weight is 543 g/mol. The van der Waals surface area contributed by atoms with Gasteiger partial charge in [-0.1, -0.05) is 23.8 Å². The summed E-state index contributed by atoms with van der Waals surface area (Å²) < 4.78 is 50.3. The number of sulfonamides is 1. The first-order valence-corrected chi connectivity index (χ1v) is 13.6. The Balaban J connectivity index is 1.88. The lowest BCUT2D eigenvalue weighted by Crippen LogP contribution is -2.40. The lowest BCUT2D eigenvalue weighted by molar-refractivity contribution is -0.119. The number of nitrogens with one attached hydrogen (secondary N) is 1. The van der Waals surface area contributed by atoms with Gasteiger partial charge in [0.1, 0.15) is 6.54 Å². The molecule has 3 aromatic carbocycles. The maximum atomic E-state index is 13.7. The van der Waals surface area contributed by atoms with Crippen molar-refractivity contribution in [3.63, 3.8) is 0 Å². The van der Waals surface area contributed by atoms with Gasteiger partial charge in [-0.05, 0) is 62.7 Å². The van der Waals surface area contributed by atoms with E-state index >= 15 is 0 Å². The van der Waals surface area contributed by atoms with E-state index < -0.39 is 22.5 Å². The first-order valence-electron chi connectivity index (χ1n) is 12.2. The second-order valence-corrected chi connectivity index (χ2v) is 10.2. The largest absolute Gasteiger partial charge is 0.493 e. The number of rotatable bonds is 13. The van der Waals surface area contributed by atoms with Gasteiger partial charge in [-0.25, -0.2) is 8.42 Å². The molecule has 0 atom stereocenters. The third kappa shape index (κ3) is 6.89. The lowest BCUT2D eigenvalue weighted by Gasteiger charge is -2.25. The molecule has 10 heteroatoms. The SMILES string of the molecule is CCOc1ccc(CNC(=O)CN(c2ccc(OC)c(OC)c2)S(=O)(=O)c2ccc(C)cc2)cc1OCC.